The summed E-state index contributed by atoms with van der Waals surface area (Å²) in [6.07, 6.45) is 3.40. The molecule has 0 spiro atoms. The van der Waals surface area contributed by atoms with E-state index in [1.54, 1.807) is 25.2 Å². The minimum atomic E-state index is -0.377. The Morgan fingerprint density at radius 2 is 1.66 bits per heavy atom. The third kappa shape index (κ3) is 6.97. The lowest BCUT2D eigenvalue weighted by Gasteiger charge is -2.27. The van der Waals surface area contributed by atoms with Crippen molar-refractivity contribution in [3.63, 3.8) is 0 Å². The highest BCUT2D eigenvalue weighted by molar-refractivity contribution is 6.13. The van der Waals surface area contributed by atoms with E-state index >= 15 is 0 Å². The van der Waals surface area contributed by atoms with Gasteiger partial charge in [0.15, 0.2) is 0 Å². The predicted molar refractivity (Wildman–Crippen MR) is 176 cm³/mol. The topological polar surface area (TPSA) is 94.8 Å². The smallest absolute Gasteiger partial charge is 0.255 e. The standard InChI is InChI=1S/C34H38FN3O4.C2H6/c1-4-38(5-2)28-19-30-27(31(34(41)36-3)32(42-30)21-13-15-25(35)16-14-21)18-26(28)22-10-8-11-23(17-22)33(40)37-20-24-9-6-7-12-29(24)39;1-2/h8,10-11,13-19,24,29,39H,4-7,9,12,20H2,1-3H3,(H,36,41)(H,37,40);1-2H3. The van der Waals surface area contributed by atoms with Gasteiger partial charge in [0.2, 0.25) is 0 Å². The molecular formula is C36H44FN3O4. The zero-order valence-corrected chi connectivity index (χ0v) is 26.4. The van der Waals surface area contributed by atoms with Crippen molar-refractivity contribution in [1.82, 2.24) is 10.6 Å². The van der Waals surface area contributed by atoms with Crippen molar-refractivity contribution in [1.29, 1.82) is 0 Å². The van der Waals surface area contributed by atoms with E-state index in [9.17, 15) is 19.1 Å². The molecule has 0 radical (unpaired) electrons. The van der Waals surface area contributed by atoms with Crippen molar-refractivity contribution in [2.75, 3.05) is 31.6 Å². The molecule has 2 atom stereocenters. The van der Waals surface area contributed by atoms with Gasteiger partial charge in [-0.2, -0.15) is 0 Å². The molecule has 7 nitrogen and oxygen atoms in total. The van der Waals surface area contributed by atoms with E-state index in [1.807, 2.05) is 44.2 Å². The Morgan fingerprint density at radius 3 is 2.32 bits per heavy atom. The minimum Gasteiger partial charge on any atom is -0.455 e. The number of halogens is 1. The normalized spacial score (nSPS) is 16.2. The second-order valence-electron chi connectivity index (χ2n) is 10.8. The molecule has 8 heteroatoms. The molecule has 4 aromatic rings. The lowest BCUT2D eigenvalue weighted by atomic mass is 9.86. The first-order valence-electron chi connectivity index (χ1n) is 15.7. The number of nitrogens with one attached hydrogen (secondary N) is 2. The summed E-state index contributed by atoms with van der Waals surface area (Å²) in [4.78, 5) is 28.6. The van der Waals surface area contributed by atoms with Crippen LogP contribution in [0.25, 0.3) is 33.4 Å². The van der Waals surface area contributed by atoms with Crippen LogP contribution >= 0.6 is 0 Å². The Morgan fingerprint density at radius 1 is 0.955 bits per heavy atom. The van der Waals surface area contributed by atoms with E-state index in [0.717, 1.165) is 55.6 Å². The van der Waals surface area contributed by atoms with Crippen LogP contribution in [0.3, 0.4) is 0 Å². The van der Waals surface area contributed by atoms with Gasteiger partial charge in [0.1, 0.15) is 17.2 Å². The summed E-state index contributed by atoms with van der Waals surface area (Å²) in [5, 5.41) is 16.7. The van der Waals surface area contributed by atoms with Crippen molar-refractivity contribution >= 4 is 28.5 Å². The van der Waals surface area contributed by atoms with E-state index in [2.05, 4.69) is 29.4 Å². The number of aliphatic hydroxyl groups is 1. The number of anilines is 1. The average molecular weight is 602 g/mol. The number of aliphatic hydroxyl groups excluding tert-OH is 1. The number of carbonyl (C=O) groups excluding carboxylic acids is 2. The highest BCUT2D eigenvalue weighted by Crippen LogP contribution is 2.41. The maximum absolute atomic E-state index is 13.7. The summed E-state index contributed by atoms with van der Waals surface area (Å²) >= 11 is 0. The number of hydrogen-bond acceptors (Lipinski definition) is 5. The molecule has 3 aromatic carbocycles. The summed E-state index contributed by atoms with van der Waals surface area (Å²) in [5.74, 6) is -0.436. The SMILES string of the molecule is CC.CCN(CC)c1cc2oc(-c3ccc(F)cc3)c(C(=O)NC)c2cc1-c1cccc(C(=O)NCC2CCCCC2O)c1. The highest BCUT2D eigenvalue weighted by Gasteiger charge is 2.26. The highest BCUT2D eigenvalue weighted by atomic mass is 19.1. The second kappa shape index (κ2) is 15.0. The van der Waals surface area contributed by atoms with Crippen molar-refractivity contribution in [2.24, 2.45) is 5.92 Å². The molecule has 44 heavy (non-hydrogen) atoms. The van der Waals surface area contributed by atoms with E-state index in [-0.39, 0.29) is 29.7 Å². The maximum Gasteiger partial charge on any atom is 0.255 e. The first-order chi connectivity index (χ1) is 21.3. The van der Waals surface area contributed by atoms with Crippen molar-refractivity contribution < 1.29 is 23.5 Å². The van der Waals surface area contributed by atoms with Gasteiger partial charge in [0.05, 0.1) is 11.7 Å². The molecule has 234 valence electrons. The van der Waals surface area contributed by atoms with Crippen LogP contribution in [-0.4, -0.2) is 49.7 Å². The fraction of sp³-hybridized carbons (Fsp3) is 0.389. The number of furan rings is 1. The largest absolute Gasteiger partial charge is 0.455 e. The number of rotatable bonds is 9. The number of carbonyl (C=O) groups is 2. The van der Waals surface area contributed by atoms with Gasteiger partial charge >= 0.3 is 0 Å². The molecule has 3 N–H and O–H groups in total. The third-order valence-electron chi connectivity index (χ3n) is 8.30. The molecule has 0 aliphatic heterocycles. The number of benzene rings is 3. The van der Waals surface area contributed by atoms with Gasteiger partial charge in [-0.25, -0.2) is 4.39 Å². The molecule has 1 aromatic heterocycles. The fourth-order valence-electron chi connectivity index (χ4n) is 5.92. The molecule has 5 rings (SSSR count). The van der Waals surface area contributed by atoms with Crippen LogP contribution in [0.15, 0.2) is 65.1 Å². The summed E-state index contributed by atoms with van der Waals surface area (Å²) in [6, 6.07) is 17.2. The van der Waals surface area contributed by atoms with Gasteiger partial charge in [-0.1, -0.05) is 38.8 Å². The van der Waals surface area contributed by atoms with E-state index in [1.165, 1.54) is 12.1 Å². The first kappa shape index (κ1) is 32.7. The third-order valence-corrected chi connectivity index (χ3v) is 8.30. The maximum atomic E-state index is 13.7. The van der Waals surface area contributed by atoms with Gasteiger partial charge in [0.25, 0.3) is 11.8 Å². The Labute approximate surface area is 259 Å². The average Bonchev–Trinajstić information content (AvgIpc) is 3.44. The van der Waals surface area contributed by atoms with Crippen LogP contribution in [0.1, 0.15) is 74.1 Å². The fourth-order valence-corrected chi connectivity index (χ4v) is 5.92. The van der Waals surface area contributed by atoms with Crippen LogP contribution in [0, 0.1) is 11.7 Å². The number of fused-ring (bicyclic) bond motifs is 1. The number of amides is 2. The van der Waals surface area contributed by atoms with Crippen LogP contribution in [0.5, 0.6) is 0 Å². The van der Waals surface area contributed by atoms with Gasteiger partial charge in [-0.15, -0.1) is 0 Å². The molecule has 2 unspecified atom stereocenters. The van der Waals surface area contributed by atoms with Crippen LogP contribution in [-0.2, 0) is 0 Å². The lowest BCUT2D eigenvalue weighted by molar-refractivity contribution is 0.0662. The first-order valence-corrected chi connectivity index (χ1v) is 15.7. The number of hydrogen-bond donors (Lipinski definition) is 3. The van der Waals surface area contributed by atoms with Gasteiger partial charge < -0.3 is 25.1 Å². The Bertz CT molecular complexity index is 1580. The Hall–Kier alpha value is -4.17. The monoisotopic (exact) mass is 601 g/mol. The predicted octanol–water partition coefficient (Wildman–Crippen LogP) is 7.42. The van der Waals surface area contributed by atoms with Crippen LogP contribution in [0.4, 0.5) is 10.1 Å². The molecule has 1 aliphatic rings. The zero-order valence-electron chi connectivity index (χ0n) is 26.4. The lowest BCUT2D eigenvalue weighted by Crippen LogP contribution is -2.36. The van der Waals surface area contributed by atoms with E-state index in [0.29, 0.717) is 40.0 Å². The molecule has 0 bridgehead atoms. The van der Waals surface area contributed by atoms with Crippen LogP contribution in [0.2, 0.25) is 0 Å². The van der Waals surface area contributed by atoms with E-state index < -0.39 is 0 Å². The van der Waals surface area contributed by atoms with Gasteiger partial charge in [-0.05, 0) is 74.7 Å². The quantitative estimate of drug-likeness (QED) is 0.186. The van der Waals surface area contributed by atoms with E-state index in [4.69, 9.17) is 4.42 Å². The molecule has 0 saturated heterocycles. The van der Waals surface area contributed by atoms with Gasteiger partial charge in [-0.3, -0.25) is 9.59 Å². The summed E-state index contributed by atoms with van der Waals surface area (Å²) in [7, 11) is 1.56. The zero-order chi connectivity index (χ0) is 31.8. The minimum absolute atomic E-state index is 0.0714. The van der Waals surface area contributed by atoms with Gasteiger partial charge in [0, 0.05) is 66.4 Å². The molecule has 1 aliphatic carbocycles. The summed E-state index contributed by atoms with van der Waals surface area (Å²) in [6.45, 7) is 10.1. The number of nitrogens with zero attached hydrogens (tertiary/aromatic N) is 1. The summed E-state index contributed by atoms with van der Waals surface area (Å²) < 4.78 is 20.0. The second-order valence-corrected chi connectivity index (χ2v) is 10.8. The summed E-state index contributed by atoms with van der Waals surface area (Å²) in [5.41, 5.74) is 4.63. The van der Waals surface area contributed by atoms with Crippen molar-refractivity contribution in [3.05, 3.63) is 77.6 Å². The molecule has 1 saturated carbocycles. The van der Waals surface area contributed by atoms with Crippen molar-refractivity contribution in [3.8, 4) is 22.5 Å². The molecular weight excluding hydrogens is 557 g/mol. The van der Waals surface area contributed by atoms with Crippen molar-refractivity contribution in [2.45, 2.75) is 59.5 Å². The molecule has 2 amide bonds. The molecule has 1 heterocycles. The Kier molecular flexibility index (Phi) is 11.2. The Balaban J connectivity index is 0.00000216. The molecule has 1 fully saturated rings. The van der Waals surface area contributed by atoms with Crippen LogP contribution < -0.4 is 15.5 Å².